The molecule has 0 aliphatic heterocycles. The van der Waals surface area contributed by atoms with Gasteiger partial charge in [-0.3, -0.25) is 0 Å². The van der Waals surface area contributed by atoms with Crippen molar-refractivity contribution in [1.82, 2.24) is 0 Å². The molecular weight excluding hydrogens is 255 g/mol. The molecule has 83 valence electrons. The minimum atomic E-state index is -0.110. The zero-order valence-corrected chi connectivity index (χ0v) is 10.8. The minimum absolute atomic E-state index is 0.110. The molecule has 1 atom stereocenters. The lowest BCUT2D eigenvalue weighted by Crippen LogP contribution is -2.02. The predicted molar refractivity (Wildman–Crippen MR) is 66.2 cm³/mol. The number of benzene rings is 1. The summed E-state index contributed by atoms with van der Waals surface area (Å²) in [5, 5.41) is 0. The Hall–Kier alpha value is -0.370. The van der Waals surface area contributed by atoms with Gasteiger partial charge in [0.15, 0.2) is 0 Å². The highest BCUT2D eigenvalue weighted by atomic mass is 79.9. The Morgan fingerprint density at radius 2 is 2.20 bits per heavy atom. The van der Waals surface area contributed by atoms with E-state index in [1.807, 2.05) is 12.1 Å². The van der Waals surface area contributed by atoms with Crippen LogP contribution >= 0.6 is 15.9 Å². The average molecular weight is 272 g/mol. The Bertz CT molecular complexity index is 309. The molecule has 1 rings (SSSR count). The summed E-state index contributed by atoms with van der Waals surface area (Å²) < 4.78 is 14.3. The van der Waals surface area contributed by atoms with Gasteiger partial charge in [0.25, 0.3) is 0 Å². The topological polar surface area (TPSA) is 0 Å². The van der Waals surface area contributed by atoms with E-state index < -0.39 is 0 Å². The van der Waals surface area contributed by atoms with Crippen LogP contribution in [0, 0.1) is 18.2 Å². The fourth-order valence-corrected chi connectivity index (χ4v) is 1.90. The highest BCUT2D eigenvalue weighted by Crippen LogP contribution is 2.19. The third kappa shape index (κ3) is 4.33. The van der Waals surface area contributed by atoms with Crippen molar-refractivity contribution in [1.29, 1.82) is 0 Å². The lowest BCUT2D eigenvalue weighted by atomic mass is 9.96. The van der Waals surface area contributed by atoms with Gasteiger partial charge in [0.1, 0.15) is 5.82 Å². The smallest absolute Gasteiger partial charge is 0.127 e. The molecule has 15 heavy (non-hydrogen) atoms. The molecule has 0 aliphatic carbocycles. The molecule has 0 saturated carbocycles. The first-order valence-corrected chi connectivity index (χ1v) is 6.20. The summed E-state index contributed by atoms with van der Waals surface area (Å²) >= 11 is 3.26. The van der Waals surface area contributed by atoms with Gasteiger partial charge in [-0.15, -0.1) is 0 Å². The Morgan fingerprint density at radius 3 is 2.80 bits per heavy atom. The van der Waals surface area contributed by atoms with Gasteiger partial charge < -0.3 is 0 Å². The highest BCUT2D eigenvalue weighted by molar-refractivity contribution is 9.10. The van der Waals surface area contributed by atoms with E-state index in [2.05, 4.69) is 36.2 Å². The van der Waals surface area contributed by atoms with Crippen LogP contribution < -0.4 is 0 Å². The third-order valence-electron chi connectivity index (χ3n) is 2.41. The molecule has 2 heteroatoms. The minimum Gasteiger partial charge on any atom is -0.207 e. The Labute approximate surface area is 100 Å². The molecule has 0 bridgehead atoms. The summed E-state index contributed by atoms with van der Waals surface area (Å²) in [6.07, 6.45) is 5.33. The molecule has 1 unspecified atom stereocenters. The van der Waals surface area contributed by atoms with Crippen molar-refractivity contribution >= 4 is 15.9 Å². The van der Waals surface area contributed by atoms with Crippen molar-refractivity contribution in [3.63, 3.8) is 0 Å². The normalized spacial score (nSPS) is 12.8. The average Bonchev–Trinajstić information content (AvgIpc) is 2.19. The van der Waals surface area contributed by atoms with E-state index in [1.54, 1.807) is 0 Å². The van der Waals surface area contributed by atoms with Gasteiger partial charge >= 0.3 is 0 Å². The second kappa shape index (κ2) is 6.26. The quantitative estimate of drug-likeness (QED) is 0.724. The molecule has 1 radical (unpaired) electrons. The summed E-state index contributed by atoms with van der Waals surface area (Å²) in [5.74, 6) is 0.335. The van der Waals surface area contributed by atoms with E-state index in [-0.39, 0.29) is 5.82 Å². The van der Waals surface area contributed by atoms with Crippen LogP contribution in [0.3, 0.4) is 0 Å². The SMILES string of the molecule is CCC[CH]C(C)Cc1ccc(Br)cc1F. The molecule has 0 N–H and O–H groups in total. The van der Waals surface area contributed by atoms with Crippen LogP contribution in [0.1, 0.15) is 32.3 Å². The molecule has 1 aromatic carbocycles. The van der Waals surface area contributed by atoms with Crippen molar-refractivity contribution in [2.75, 3.05) is 0 Å². The maximum Gasteiger partial charge on any atom is 0.127 e. The van der Waals surface area contributed by atoms with Gasteiger partial charge in [0.05, 0.1) is 0 Å². The Kier molecular flexibility index (Phi) is 5.30. The van der Waals surface area contributed by atoms with Crippen molar-refractivity contribution in [2.45, 2.75) is 33.1 Å². The third-order valence-corrected chi connectivity index (χ3v) is 2.91. The lowest BCUT2D eigenvalue weighted by molar-refractivity contribution is 0.570. The first kappa shape index (κ1) is 12.7. The van der Waals surface area contributed by atoms with Gasteiger partial charge in [-0.25, -0.2) is 4.39 Å². The molecule has 0 nitrogen and oxygen atoms in total. The molecule has 0 heterocycles. The molecule has 0 aliphatic rings. The Morgan fingerprint density at radius 1 is 1.47 bits per heavy atom. The first-order chi connectivity index (χ1) is 7.13. The monoisotopic (exact) mass is 271 g/mol. The van der Waals surface area contributed by atoms with Crippen LogP contribution in [0.5, 0.6) is 0 Å². The summed E-state index contributed by atoms with van der Waals surface area (Å²) in [6, 6.07) is 5.28. The number of hydrogen-bond donors (Lipinski definition) is 0. The molecule has 0 aromatic heterocycles. The zero-order chi connectivity index (χ0) is 11.3. The first-order valence-electron chi connectivity index (χ1n) is 5.40. The van der Waals surface area contributed by atoms with Gasteiger partial charge in [0.2, 0.25) is 0 Å². The van der Waals surface area contributed by atoms with E-state index in [1.165, 1.54) is 6.07 Å². The maximum absolute atomic E-state index is 13.5. The van der Waals surface area contributed by atoms with Crippen LogP contribution in [0.4, 0.5) is 4.39 Å². The standard InChI is InChI=1S/C13H17BrF/c1-3-4-5-10(2)8-11-6-7-12(14)9-13(11)15/h5-7,9-10H,3-4,8H2,1-2H3. The molecule has 1 aromatic rings. The van der Waals surface area contributed by atoms with Crippen molar-refractivity contribution in [3.8, 4) is 0 Å². The van der Waals surface area contributed by atoms with Crippen molar-refractivity contribution in [3.05, 3.63) is 40.5 Å². The highest BCUT2D eigenvalue weighted by Gasteiger charge is 2.08. The van der Waals surface area contributed by atoms with E-state index in [4.69, 9.17) is 0 Å². The lowest BCUT2D eigenvalue weighted by Gasteiger charge is -2.11. The van der Waals surface area contributed by atoms with Gasteiger partial charge in [0, 0.05) is 4.47 Å². The fraction of sp³-hybridized carbons (Fsp3) is 0.462. The Balaban J connectivity index is 2.56. The molecule has 0 saturated heterocycles. The van der Waals surface area contributed by atoms with Crippen molar-refractivity contribution in [2.24, 2.45) is 5.92 Å². The van der Waals surface area contributed by atoms with Gasteiger partial charge in [-0.1, -0.05) is 48.7 Å². The molecule has 0 amide bonds. The summed E-state index contributed by atoms with van der Waals surface area (Å²) in [6.45, 7) is 4.29. The second-order valence-corrected chi connectivity index (χ2v) is 4.86. The van der Waals surface area contributed by atoms with Gasteiger partial charge in [-0.05, 0) is 36.5 Å². The largest absolute Gasteiger partial charge is 0.207 e. The fourth-order valence-electron chi connectivity index (χ4n) is 1.57. The molecule has 0 spiro atoms. The maximum atomic E-state index is 13.5. The number of rotatable bonds is 5. The van der Waals surface area contributed by atoms with Crippen LogP contribution in [-0.4, -0.2) is 0 Å². The number of unbranched alkanes of at least 4 members (excludes halogenated alkanes) is 1. The van der Waals surface area contributed by atoms with Crippen LogP contribution in [0.15, 0.2) is 22.7 Å². The van der Waals surface area contributed by atoms with Crippen LogP contribution in [0.25, 0.3) is 0 Å². The summed E-state index contributed by atoms with van der Waals surface area (Å²) in [5.41, 5.74) is 0.804. The van der Waals surface area contributed by atoms with Crippen molar-refractivity contribution < 1.29 is 4.39 Å². The zero-order valence-electron chi connectivity index (χ0n) is 9.26. The molecule has 0 fully saturated rings. The predicted octanol–water partition coefficient (Wildman–Crippen LogP) is 4.77. The number of halogens is 2. The van der Waals surface area contributed by atoms with Crippen LogP contribution in [0.2, 0.25) is 0 Å². The summed E-state index contributed by atoms with van der Waals surface area (Å²) in [7, 11) is 0. The summed E-state index contributed by atoms with van der Waals surface area (Å²) in [4.78, 5) is 0. The second-order valence-electron chi connectivity index (χ2n) is 3.94. The van der Waals surface area contributed by atoms with E-state index in [0.29, 0.717) is 5.92 Å². The number of hydrogen-bond acceptors (Lipinski definition) is 0. The van der Waals surface area contributed by atoms with Crippen LogP contribution in [-0.2, 0) is 6.42 Å². The molecular formula is C13H17BrF. The van der Waals surface area contributed by atoms with E-state index in [0.717, 1.165) is 29.3 Å². The van der Waals surface area contributed by atoms with E-state index in [9.17, 15) is 4.39 Å². The van der Waals surface area contributed by atoms with E-state index >= 15 is 0 Å². The van der Waals surface area contributed by atoms with Gasteiger partial charge in [-0.2, -0.15) is 0 Å².